The Morgan fingerprint density at radius 2 is 2.03 bits per heavy atom. The second-order valence-corrected chi connectivity index (χ2v) is 7.65. The standard InChI is InChI=1S/C19H16Cl2N4O6/c20-12-4-3-10(8-13(12)21)15-14(9-24(19(28)29)6-7-30-15)25-5-1-2-11(17(25)26)16-22-18(27)31-23-16/h1-5,8,14-15H,6-7,9H2,(H,28,29)(H,22,23,27). The van der Waals surface area contributed by atoms with Gasteiger partial charge in [-0.25, -0.2) is 9.59 Å². The second-order valence-electron chi connectivity index (χ2n) is 6.84. The molecule has 3 aromatic rings. The number of nitrogens with one attached hydrogen (secondary N) is 1. The quantitative estimate of drug-likeness (QED) is 0.606. The monoisotopic (exact) mass is 466 g/mol. The van der Waals surface area contributed by atoms with Gasteiger partial charge in [0.1, 0.15) is 6.10 Å². The zero-order valence-electron chi connectivity index (χ0n) is 15.8. The highest BCUT2D eigenvalue weighted by Crippen LogP contribution is 2.35. The molecule has 1 aliphatic rings. The molecule has 4 rings (SSSR count). The fourth-order valence-electron chi connectivity index (χ4n) is 3.53. The zero-order valence-corrected chi connectivity index (χ0v) is 17.3. The molecule has 2 N–H and O–H groups in total. The minimum atomic E-state index is -1.13. The van der Waals surface area contributed by atoms with Crippen LogP contribution in [0.15, 0.2) is 50.6 Å². The van der Waals surface area contributed by atoms with Crippen molar-refractivity contribution in [2.45, 2.75) is 12.1 Å². The first-order valence-electron chi connectivity index (χ1n) is 9.17. The average Bonchev–Trinajstić information content (AvgIpc) is 3.04. The maximum atomic E-state index is 13.3. The number of benzene rings is 1. The first-order chi connectivity index (χ1) is 14.8. The Kier molecular flexibility index (Phi) is 5.86. The van der Waals surface area contributed by atoms with Crippen molar-refractivity contribution < 1.29 is 19.2 Å². The highest BCUT2D eigenvalue weighted by molar-refractivity contribution is 6.42. The highest BCUT2D eigenvalue weighted by atomic mass is 35.5. The molecule has 2 unspecified atom stereocenters. The highest BCUT2D eigenvalue weighted by Gasteiger charge is 2.34. The van der Waals surface area contributed by atoms with Gasteiger partial charge >= 0.3 is 11.8 Å². The number of pyridine rings is 1. The molecular weight excluding hydrogens is 451 g/mol. The molecule has 1 amide bonds. The van der Waals surface area contributed by atoms with E-state index in [-0.39, 0.29) is 31.1 Å². The van der Waals surface area contributed by atoms with Crippen molar-refractivity contribution in [2.75, 3.05) is 19.7 Å². The van der Waals surface area contributed by atoms with Crippen LogP contribution in [0.2, 0.25) is 10.0 Å². The maximum absolute atomic E-state index is 13.3. The van der Waals surface area contributed by atoms with Gasteiger partial charge in [0.25, 0.3) is 5.56 Å². The predicted octanol–water partition coefficient (Wildman–Crippen LogP) is 2.79. The van der Waals surface area contributed by atoms with E-state index in [1.165, 1.54) is 21.7 Å². The van der Waals surface area contributed by atoms with E-state index < -0.39 is 29.6 Å². The lowest BCUT2D eigenvalue weighted by Gasteiger charge is -2.29. The van der Waals surface area contributed by atoms with Crippen LogP contribution in [-0.4, -0.2) is 50.5 Å². The van der Waals surface area contributed by atoms with Crippen molar-refractivity contribution in [1.82, 2.24) is 19.6 Å². The van der Waals surface area contributed by atoms with E-state index in [1.54, 1.807) is 24.3 Å². The summed E-state index contributed by atoms with van der Waals surface area (Å²) in [5.41, 5.74) is 0.226. The molecule has 0 radical (unpaired) electrons. The minimum absolute atomic E-state index is 0.0149. The summed E-state index contributed by atoms with van der Waals surface area (Å²) in [6, 6.07) is 7.29. The predicted molar refractivity (Wildman–Crippen MR) is 111 cm³/mol. The Hall–Kier alpha value is -3.08. The fraction of sp³-hybridized carbons (Fsp3) is 0.263. The van der Waals surface area contributed by atoms with Crippen LogP contribution in [0.1, 0.15) is 17.7 Å². The minimum Gasteiger partial charge on any atom is -0.465 e. The van der Waals surface area contributed by atoms with Crippen molar-refractivity contribution in [3.63, 3.8) is 0 Å². The van der Waals surface area contributed by atoms with Gasteiger partial charge in [-0.1, -0.05) is 34.4 Å². The van der Waals surface area contributed by atoms with E-state index in [1.807, 2.05) is 0 Å². The number of rotatable bonds is 3. The number of halogens is 2. The smallest absolute Gasteiger partial charge is 0.439 e. The molecule has 10 nitrogen and oxygen atoms in total. The van der Waals surface area contributed by atoms with Crippen molar-refractivity contribution in [2.24, 2.45) is 0 Å². The number of carbonyl (C=O) groups is 1. The number of hydrogen-bond donors (Lipinski definition) is 2. The van der Waals surface area contributed by atoms with Crippen LogP contribution in [0.5, 0.6) is 0 Å². The van der Waals surface area contributed by atoms with E-state index in [2.05, 4.69) is 14.7 Å². The van der Waals surface area contributed by atoms with Crippen LogP contribution in [0.25, 0.3) is 11.4 Å². The Bertz CT molecular complexity index is 1240. The lowest BCUT2D eigenvalue weighted by atomic mass is 10.0. The molecule has 0 spiro atoms. The Labute approximate surface area is 184 Å². The van der Waals surface area contributed by atoms with Crippen LogP contribution in [0.3, 0.4) is 0 Å². The SMILES string of the molecule is O=C(O)N1CCOC(c2ccc(Cl)c(Cl)c2)C(n2cccc(-c3noc(=O)[nH]3)c2=O)C1. The summed E-state index contributed by atoms with van der Waals surface area (Å²) >= 11 is 12.2. The lowest BCUT2D eigenvalue weighted by molar-refractivity contribution is 0.0334. The molecule has 1 aliphatic heterocycles. The van der Waals surface area contributed by atoms with Crippen LogP contribution >= 0.6 is 23.2 Å². The third-order valence-electron chi connectivity index (χ3n) is 4.99. The van der Waals surface area contributed by atoms with Crippen molar-refractivity contribution >= 4 is 29.3 Å². The first-order valence-corrected chi connectivity index (χ1v) is 9.92. The number of carboxylic acid groups (broad SMARTS) is 1. The maximum Gasteiger partial charge on any atom is 0.439 e. The van der Waals surface area contributed by atoms with Crippen molar-refractivity contribution in [3.8, 4) is 11.4 Å². The van der Waals surface area contributed by atoms with Crippen molar-refractivity contribution in [1.29, 1.82) is 0 Å². The van der Waals surface area contributed by atoms with Gasteiger partial charge < -0.3 is 19.3 Å². The van der Waals surface area contributed by atoms with Gasteiger partial charge in [0.15, 0.2) is 5.82 Å². The molecule has 31 heavy (non-hydrogen) atoms. The molecule has 1 saturated heterocycles. The molecule has 12 heteroatoms. The molecule has 2 atom stereocenters. The molecule has 162 valence electrons. The Morgan fingerprint density at radius 1 is 1.23 bits per heavy atom. The summed E-state index contributed by atoms with van der Waals surface area (Å²) in [5.74, 6) is -0.826. The number of nitrogens with zero attached hydrogens (tertiary/aromatic N) is 3. The third kappa shape index (κ3) is 4.22. The molecule has 3 heterocycles. The number of hydrogen-bond acceptors (Lipinski definition) is 6. The van der Waals surface area contributed by atoms with Gasteiger partial charge in [-0.05, 0) is 29.8 Å². The van der Waals surface area contributed by atoms with Gasteiger partial charge in [0.05, 0.1) is 28.3 Å². The normalized spacial score (nSPS) is 19.2. The van der Waals surface area contributed by atoms with E-state index >= 15 is 0 Å². The lowest BCUT2D eigenvalue weighted by Crippen LogP contribution is -2.39. The summed E-state index contributed by atoms with van der Waals surface area (Å²) in [7, 11) is 0. The molecule has 0 bridgehead atoms. The van der Waals surface area contributed by atoms with Crippen LogP contribution < -0.4 is 11.3 Å². The zero-order chi connectivity index (χ0) is 22.1. The molecule has 0 aliphatic carbocycles. The average molecular weight is 467 g/mol. The number of amides is 1. The third-order valence-corrected chi connectivity index (χ3v) is 5.72. The van der Waals surface area contributed by atoms with Gasteiger partial charge in [0, 0.05) is 19.3 Å². The van der Waals surface area contributed by atoms with Gasteiger partial charge in [-0.15, -0.1) is 0 Å². The summed E-state index contributed by atoms with van der Waals surface area (Å²) in [5, 5.41) is 13.8. The van der Waals surface area contributed by atoms with E-state index in [4.69, 9.17) is 27.9 Å². The second kappa shape index (κ2) is 8.58. The molecular formula is C19H16Cl2N4O6. The largest absolute Gasteiger partial charge is 0.465 e. The van der Waals surface area contributed by atoms with E-state index in [9.17, 15) is 19.5 Å². The van der Waals surface area contributed by atoms with Gasteiger partial charge in [-0.2, -0.15) is 0 Å². The Morgan fingerprint density at radius 3 is 2.71 bits per heavy atom. The van der Waals surface area contributed by atoms with Gasteiger partial charge in [-0.3, -0.25) is 14.3 Å². The van der Waals surface area contributed by atoms with Crippen LogP contribution in [0.4, 0.5) is 4.79 Å². The number of aromatic amines is 1. The first kappa shape index (κ1) is 21.2. The summed E-state index contributed by atoms with van der Waals surface area (Å²) in [6.07, 6.45) is -0.301. The number of ether oxygens (including phenoxy) is 1. The van der Waals surface area contributed by atoms with E-state index in [0.29, 0.717) is 15.6 Å². The molecule has 0 saturated carbocycles. The summed E-state index contributed by atoms with van der Waals surface area (Å²) in [6.45, 7) is 0.242. The number of H-pyrrole nitrogens is 1. The van der Waals surface area contributed by atoms with Crippen molar-refractivity contribution in [3.05, 3.63) is 73.0 Å². The van der Waals surface area contributed by atoms with Crippen LogP contribution in [-0.2, 0) is 4.74 Å². The topological polar surface area (TPSA) is 131 Å². The molecule has 1 aromatic carbocycles. The summed E-state index contributed by atoms with van der Waals surface area (Å²) in [4.78, 5) is 39.8. The number of aromatic nitrogens is 3. The summed E-state index contributed by atoms with van der Waals surface area (Å²) < 4.78 is 11.8. The molecule has 2 aromatic heterocycles. The molecule has 1 fully saturated rings. The fourth-order valence-corrected chi connectivity index (χ4v) is 3.83. The van der Waals surface area contributed by atoms with E-state index in [0.717, 1.165) is 0 Å². The van der Waals surface area contributed by atoms with Crippen LogP contribution in [0, 0.1) is 0 Å². The Balaban J connectivity index is 1.84. The van der Waals surface area contributed by atoms with Gasteiger partial charge in [0.2, 0.25) is 0 Å².